The fourth-order valence-corrected chi connectivity index (χ4v) is 5.26. The van der Waals surface area contributed by atoms with Gasteiger partial charge in [-0.1, -0.05) is 13.0 Å². The average molecular weight is 575 g/mol. The quantitative estimate of drug-likeness (QED) is 0.421. The molecule has 3 N–H and O–H groups in total. The Balaban J connectivity index is 1.82. The number of fused-ring (bicyclic) bond motifs is 2. The Morgan fingerprint density at radius 3 is 2.77 bits per heavy atom. The molecule has 0 aliphatic carbocycles. The van der Waals surface area contributed by atoms with Gasteiger partial charge in [-0.15, -0.1) is 0 Å². The Morgan fingerprint density at radius 2 is 2.00 bits per heavy atom. The van der Waals surface area contributed by atoms with E-state index in [9.17, 15) is 19.1 Å². The number of hydrogen-bond acceptors (Lipinski definition) is 7. The highest BCUT2D eigenvalue weighted by Gasteiger charge is 2.30. The third-order valence-corrected chi connectivity index (χ3v) is 7.83. The number of amides is 2. The number of thioether (sulfide) groups is 1. The van der Waals surface area contributed by atoms with Gasteiger partial charge in [0, 0.05) is 45.0 Å². The second-order valence-corrected chi connectivity index (χ2v) is 11.3. The van der Waals surface area contributed by atoms with E-state index in [1.807, 2.05) is 12.5 Å². The van der Waals surface area contributed by atoms with Crippen molar-refractivity contribution in [3.05, 3.63) is 59.2 Å². The molecule has 2 aromatic rings. The van der Waals surface area contributed by atoms with Crippen molar-refractivity contribution in [2.24, 2.45) is 0 Å². The summed E-state index contributed by atoms with van der Waals surface area (Å²) in [5.41, 5.74) is 2.73. The van der Waals surface area contributed by atoms with Crippen LogP contribution in [-0.4, -0.2) is 77.2 Å². The summed E-state index contributed by atoms with van der Waals surface area (Å²) in [6.45, 7) is 3.19. The van der Waals surface area contributed by atoms with E-state index in [4.69, 9.17) is 4.74 Å². The van der Waals surface area contributed by atoms with Gasteiger partial charge in [-0.2, -0.15) is 11.8 Å². The first kappa shape index (κ1) is 31.8. The number of aliphatic hydroxyl groups excluding tert-OH is 1. The van der Waals surface area contributed by atoms with Crippen molar-refractivity contribution in [2.45, 2.75) is 76.6 Å². The molecule has 1 aromatic carbocycles. The maximum absolute atomic E-state index is 14.5. The first-order chi connectivity index (χ1) is 19.3. The maximum atomic E-state index is 14.5. The van der Waals surface area contributed by atoms with Crippen molar-refractivity contribution in [3.63, 3.8) is 0 Å². The highest BCUT2D eigenvalue weighted by atomic mass is 32.2. The molecule has 1 aliphatic heterocycles. The summed E-state index contributed by atoms with van der Waals surface area (Å²) in [6, 6.07) is 5.19. The van der Waals surface area contributed by atoms with Crippen LogP contribution in [0.1, 0.15) is 55.7 Å². The number of aromatic nitrogens is 1. The maximum Gasteiger partial charge on any atom is 0.243 e. The molecule has 3 unspecified atom stereocenters. The van der Waals surface area contributed by atoms with Crippen molar-refractivity contribution >= 4 is 23.6 Å². The number of carbonyl (C=O) groups is 2. The van der Waals surface area contributed by atoms with Gasteiger partial charge in [-0.05, 0) is 79.4 Å². The first-order valence-corrected chi connectivity index (χ1v) is 15.5. The molecule has 0 spiro atoms. The number of nitrogens with one attached hydrogen (secondary N) is 2. The zero-order valence-corrected chi connectivity index (χ0v) is 24.6. The summed E-state index contributed by atoms with van der Waals surface area (Å²) in [6.07, 6.45) is 8.73. The van der Waals surface area contributed by atoms with Crippen LogP contribution in [0, 0.1) is 5.82 Å². The van der Waals surface area contributed by atoms with Crippen LogP contribution in [0.4, 0.5) is 4.39 Å². The molecule has 3 rings (SSSR count). The van der Waals surface area contributed by atoms with Crippen LogP contribution in [-0.2, 0) is 29.0 Å². The van der Waals surface area contributed by atoms with Gasteiger partial charge in [0.25, 0.3) is 0 Å². The molecule has 8 nitrogen and oxygen atoms in total. The van der Waals surface area contributed by atoms with Gasteiger partial charge < -0.3 is 25.4 Å². The van der Waals surface area contributed by atoms with Gasteiger partial charge in [0.2, 0.25) is 11.8 Å². The van der Waals surface area contributed by atoms with E-state index in [2.05, 4.69) is 28.6 Å². The summed E-state index contributed by atoms with van der Waals surface area (Å²) in [7, 11) is 1.67. The number of aryl methyl sites for hydroxylation is 1. The van der Waals surface area contributed by atoms with Crippen LogP contribution >= 0.6 is 11.8 Å². The lowest BCUT2D eigenvalue weighted by molar-refractivity contribution is -0.139. The number of benzene rings is 1. The number of rotatable bonds is 9. The largest absolute Gasteiger partial charge is 0.493 e. The lowest BCUT2D eigenvalue weighted by Crippen LogP contribution is -2.55. The van der Waals surface area contributed by atoms with Crippen LogP contribution in [0.2, 0.25) is 0 Å². The molecular formula is C30H43FN4O4S. The van der Waals surface area contributed by atoms with Crippen LogP contribution in [0.5, 0.6) is 5.75 Å². The van der Waals surface area contributed by atoms with Gasteiger partial charge in [0.05, 0.1) is 18.8 Å². The second-order valence-electron chi connectivity index (χ2n) is 10.3. The monoisotopic (exact) mass is 574 g/mol. The lowest BCUT2D eigenvalue weighted by Gasteiger charge is -2.31. The Labute approximate surface area is 241 Å². The predicted molar refractivity (Wildman–Crippen MR) is 157 cm³/mol. The van der Waals surface area contributed by atoms with E-state index in [0.717, 1.165) is 30.4 Å². The number of pyridine rings is 1. The molecule has 220 valence electrons. The second kappa shape index (κ2) is 16.5. The minimum Gasteiger partial charge on any atom is -0.493 e. The highest BCUT2D eigenvalue weighted by molar-refractivity contribution is 7.98. The molecule has 3 atom stereocenters. The molecule has 0 saturated heterocycles. The van der Waals surface area contributed by atoms with Gasteiger partial charge in [-0.3, -0.25) is 14.6 Å². The fourth-order valence-electron chi connectivity index (χ4n) is 4.80. The third-order valence-electron chi connectivity index (χ3n) is 7.18. The molecule has 40 heavy (non-hydrogen) atoms. The van der Waals surface area contributed by atoms with Crippen molar-refractivity contribution in [3.8, 4) is 5.75 Å². The topological polar surface area (TPSA) is 104 Å². The van der Waals surface area contributed by atoms with Crippen molar-refractivity contribution < 1.29 is 23.8 Å². The number of likely N-dealkylation sites (N-methyl/N-ethyl adjacent to an activating group) is 1. The van der Waals surface area contributed by atoms with Gasteiger partial charge in [0.15, 0.2) is 0 Å². The molecule has 2 heterocycles. The number of hydrogen-bond donors (Lipinski definition) is 3. The fraction of sp³-hybridized carbons (Fsp3) is 0.567. The zero-order valence-electron chi connectivity index (χ0n) is 23.8. The Morgan fingerprint density at radius 1 is 1.20 bits per heavy atom. The molecule has 1 aromatic heterocycles. The Hall–Kier alpha value is -2.69. The molecule has 10 heteroatoms. The minimum absolute atomic E-state index is 0.0803. The van der Waals surface area contributed by atoms with Crippen LogP contribution < -0.4 is 15.4 Å². The first-order valence-electron chi connectivity index (χ1n) is 14.1. The van der Waals surface area contributed by atoms with E-state index in [-0.39, 0.29) is 24.8 Å². The third kappa shape index (κ3) is 10.1. The summed E-state index contributed by atoms with van der Waals surface area (Å²) < 4.78 is 20.3. The minimum atomic E-state index is -0.972. The Bertz CT molecular complexity index is 1110. The highest BCUT2D eigenvalue weighted by Crippen LogP contribution is 2.20. The SMILES string of the molecule is CCc1cncc(CNCC(O)C2Cc3cc(F)cc(c3)OCCCCCC(=O)N(C)C(CCSC)C(=O)N2)c1. The molecule has 0 radical (unpaired) electrons. The molecule has 2 amide bonds. The van der Waals surface area contributed by atoms with Gasteiger partial charge >= 0.3 is 0 Å². The van der Waals surface area contributed by atoms with Crippen LogP contribution in [0.25, 0.3) is 0 Å². The van der Waals surface area contributed by atoms with E-state index < -0.39 is 24.0 Å². The van der Waals surface area contributed by atoms with Gasteiger partial charge in [-0.25, -0.2) is 4.39 Å². The molecule has 0 fully saturated rings. The zero-order chi connectivity index (χ0) is 28.9. The smallest absolute Gasteiger partial charge is 0.243 e. The van der Waals surface area contributed by atoms with Crippen LogP contribution in [0.15, 0.2) is 36.7 Å². The average Bonchev–Trinajstić information content (AvgIpc) is 2.93. The molecular weight excluding hydrogens is 531 g/mol. The van der Waals surface area contributed by atoms with Crippen molar-refractivity contribution in [1.29, 1.82) is 0 Å². The Kier molecular flexibility index (Phi) is 13.2. The van der Waals surface area contributed by atoms with E-state index >= 15 is 0 Å². The summed E-state index contributed by atoms with van der Waals surface area (Å²) in [5.74, 6) is 0.284. The number of carbonyl (C=O) groups excluding carboxylic acids is 2. The number of aliphatic hydroxyl groups is 1. The normalized spacial score (nSPS) is 20.1. The lowest BCUT2D eigenvalue weighted by atomic mass is 9.99. The molecule has 2 bridgehead atoms. The van der Waals surface area contributed by atoms with E-state index in [1.54, 1.807) is 31.1 Å². The van der Waals surface area contributed by atoms with Gasteiger partial charge in [0.1, 0.15) is 17.6 Å². The number of ether oxygens (including phenoxy) is 1. The standard InChI is InChI=1S/C30H43FN4O4S/c1-4-21-12-23(18-32-17-21)19-33-20-28(36)26-15-22-13-24(31)16-25(14-22)39-10-7-5-6-8-29(37)35(2)27(9-11-40-3)30(38)34-26/h12-14,16-18,26-28,33,36H,4-11,15,19-20H2,1-3H3,(H,34,38). The van der Waals surface area contributed by atoms with Crippen molar-refractivity contribution in [1.82, 2.24) is 20.5 Å². The number of nitrogens with zero attached hydrogens (tertiary/aromatic N) is 2. The van der Waals surface area contributed by atoms with Crippen LogP contribution in [0.3, 0.4) is 0 Å². The van der Waals surface area contributed by atoms with E-state index in [1.165, 1.54) is 17.0 Å². The predicted octanol–water partition coefficient (Wildman–Crippen LogP) is 3.49. The summed E-state index contributed by atoms with van der Waals surface area (Å²) in [5, 5.41) is 17.5. The van der Waals surface area contributed by atoms with E-state index in [0.29, 0.717) is 49.5 Å². The summed E-state index contributed by atoms with van der Waals surface area (Å²) in [4.78, 5) is 32.3. The molecule has 0 saturated carbocycles. The van der Waals surface area contributed by atoms with Crippen molar-refractivity contribution in [2.75, 3.05) is 32.2 Å². The number of halogens is 1. The molecule has 1 aliphatic rings. The summed E-state index contributed by atoms with van der Waals surface area (Å²) >= 11 is 1.61.